The van der Waals surface area contributed by atoms with Crippen LogP contribution < -0.4 is 10.3 Å². The normalized spacial score (nSPS) is 11.2. The van der Waals surface area contributed by atoms with E-state index in [1.807, 2.05) is 49.4 Å². The predicted molar refractivity (Wildman–Crippen MR) is 95.1 cm³/mol. The summed E-state index contributed by atoms with van der Waals surface area (Å²) in [5, 5.41) is 5.14. The maximum atomic E-state index is 12.7. The Morgan fingerprint density at radius 1 is 1.21 bits per heavy atom. The van der Waals surface area contributed by atoms with Crippen molar-refractivity contribution in [3.63, 3.8) is 0 Å². The van der Waals surface area contributed by atoms with Gasteiger partial charge in [-0.15, -0.1) is 5.10 Å². The van der Waals surface area contributed by atoms with Gasteiger partial charge in [-0.1, -0.05) is 28.1 Å². The van der Waals surface area contributed by atoms with E-state index in [1.165, 1.54) is 4.68 Å². The highest BCUT2D eigenvalue weighted by Crippen LogP contribution is 2.31. The molecule has 0 saturated heterocycles. The van der Waals surface area contributed by atoms with E-state index in [2.05, 4.69) is 21.0 Å². The molecule has 0 amide bonds. The molecular formula is C18H13BrN2O3. The lowest BCUT2D eigenvalue weighted by Crippen LogP contribution is -2.14. The number of ether oxygens (including phenoxy) is 1. The Bertz CT molecular complexity index is 1050. The summed E-state index contributed by atoms with van der Waals surface area (Å²) >= 11 is 3.38. The van der Waals surface area contributed by atoms with Crippen molar-refractivity contribution in [3.8, 4) is 22.9 Å². The lowest BCUT2D eigenvalue weighted by Gasteiger charge is -2.06. The van der Waals surface area contributed by atoms with Crippen molar-refractivity contribution in [2.24, 2.45) is 0 Å². The molecule has 0 spiro atoms. The molecule has 0 unspecified atom stereocenters. The van der Waals surface area contributed by atoms with Crippen LogP contribution in [0.15, 0.2) is 62.2 Å². The Hall–Kier alpha value is -2.60. The van der Waals surface area contributed by atoms with Crippen molar-refractivity contribution < 1.29 is 9.15 Å². The van der Waals surface area contributed by atoms with Crippen LogP contribution in [0.1, 0.15) is 6.92 Å². The maximum Gasteiger partial charge on any atom is 0.284 e. The van der Waals surface area contributed by atoms with Crippen LogP contribution in [-0.4, -0.2) is 16.4 Å². The summed E-state index contributed by atoms with van der Waals surface area (Å²) in [7, 11) is 0. The molecule has 0 bridgehead atoms. The van der Waals surface area contributed by atoms with E-state index in [-0.39, 0.29) is 5.56 Å². The first-order chi connectivity index (χ1) is 11.7. The second-order valence-corrected chi connectivity index (χ2v) is 6.18. The van der Waals surface area contributed by atoms with Crippen molar-refractivity contribution in [1.29, 1.82) is 0 Å². The van der Waals surface area contributed by atoms with E-state index in [0.29, 0.717) is 35.1 Å². The first kappa shape index (κ1) is 15.0. The van der Waals surface area contributed by atoms with Gasteiger partial charge in [0.05, 0.1) is 12.3 Å². The smallest absolute Gasteiger partial charge is 0.284 e. The van der Waals surface area contributed by atoms with Gasteiger partial charge in [0.15, 0.2) is 11.3 Å². The molecule has 2 heterocycles. The Morgan fingerprint density at radius 3 is 2.75 bits per heavy atom. The number of halogens is 1. The highest BCUT2D eigenvalue weighted by molar-refractivity contribution is 9.10. The van der Waals surface area contributed by atoms with E-state index < -0.39 is 0 Å². The number of hydrogen-bond donors (Lipinski definition) is 0. The molecule has 5 nitrogen and oxygen atoms in total. The fourth-order valence-corrected chi connectivity index (χ4v) is 2.89. The van der Waals surface area contributed by atoms with Crippen LogP contribution in [-0.2, 0) is 0 Å². The topological polar surface area (TPSA) is 57.3 Å². The van der Waals surface area contributed by atoms with Crippen LogP contribution in [0.4, 0.5) is 0 Å². The zero-order valence-corrected chi connectivity index (χ0v) is 14.4. The molecule has 120 valence electrons. The van der Waals surface area contributed by atoms with Crippen molar-refractivity contribution >= 4 is 26.9 Å². The molecule has 2 aliphatic heterocycles. The summed E-state index contributed by atoms with van der Waals surface area (Å²) in [4.78, 5) is 12.7. The largest absolute Gasteiger partial charge is 0.490 e. The fourth-order valence-electron chi connectivity index (χ4n) is 2.63. The number of hydrogen-bond acceptors (Lipinski definition) is 4. The molecule has 0 N–H and O–H groups in total. The zero-order valence-electron chi connectivity index (χ0n) is 12.8. The summed E-state index contributed by atoms with van der Waals surface area (Å²) in [6.07, 6.45) is 0. The van der Waals surface area contributed by atoms with Crippen molar-refractivity contribution in [2.45, 2.75) is 6.92 Å². The third-order valence-electron chi connectivity index (χ3n) is 3.72. The Kier molecular flexibility index (Phi) is 3.61. The second-order valence-electron chi connectivity index (χ2n) is 5.27. The summed E-state index contributed by atoms with van der Waals surface area (Å²) in [6.45, 7) is 2.45. The third kappa shape index (κ3) is 2.39. The van der Waals surface area contributed by atoms with E-state index in [4.69, 9.17) is 9.15 Å². The highest BCUT2D eigenvalue weighted by Gasteiger charge is 2.20. The quantitative estimate of drug-likeness (QED) is 0.529. The van der Waals surface area contributed by atoms with Gasteiger partial charge in [-0.05, 0) is 43.3 Å². The lowest BCUT2D eigenvalue weighted by molar-refractivity contribution is 0.338. The van der Waals surface area contributed by atoms with E-state index in [0.717, 1.165) is 9.86 Å². The SMILES string of the molecule is CCOc1cccc2cc3c(=O)n(-c4ccc(Br)cc4)nc-3oc12. The van der Waals surface area contributed by atoms with Gasteiger partial charge in [0.25, 0.3) is 5.56 Å². The molecule has 0 atom stereocenters. The van der Waals surface area contributed by atoms with E-state index in [9.17, 15) is 4.79 Å². The van der Waals surface area contributed by atoms with Gasteiger partial charge in [0.1, 0.15) is 5.56 Å². The molecule has 2 aliphatic rings. The molecule has 2 aromatic carbocycles. The van der Waals surface area contributed by atoms with Crippen LogP contribution >= 0.6 is 15.9 Å². The van der Waals surface area contributed by atoms with Gasteiger partial charge in [-0.3, -0.25) is 4.79 Å². The first-order valence-corrected chi connectivity index (χ1v) is 8.31. The van der Waals surface area contributed by atoms with Crippen molar-refractivity contribution in [1.82, 2.24) is 9.78 Å². The Morgan fingerprint density at radius 2 is 2.00 bits per heavy atom. The van der Waals surface area contributed by atoms with Gasteiger partial charge in [-0.25, -0.2) is 0 Å². The number of nitrogens with zero attached hydrogens (tertiary/aromatic N) is 2. The molecule has 24 heavy (non-hydrogen) atoms. The van der Waals surface area contributed by atoms with Gasteiger partial charge in [-0.2, -0.15) is 4.68 Å². The van der Waals surface area contributed by atoms with Crippen LogP contribution in [0.25, 0.3) is 28.1 Å². The average molecular weight is 385 g/mol. The minimum absolute atomic E-state index is 0.209. The number of rotatable bonds is 3. The summed E-state index contributed by atoms with van der Waals surface area (Å²) in [5.41, 5.74) is 1.51. The van der Waals surface area contributed by atoms with Gasteiger partial charge < -0.3 is 9.15 Å². The maximum absolute atomic E-state index is 12.7. The molecule has 0 saturated carbocycles. The standard InChI is InChI=1S/C18H13BrN2O3/c1-2-23-15-5-3-4-11-10-14-17(24-16(11)15)20-21(18(14)22)13-8-6-12(19)7-9-13/h3-10H,2H2,1H3. The summed E-state index contributed by atoms with van der Waals surface area (Å²) in [6, 6.07) is 14.8. The van der Waals surface area contributed by atoms with Crippen molar-refractivity contribution in [2.75, 3.05) is 6.61 Å². The lowest BCUT2D eigenvalue weighted by atomic mass is 10.1. The van der Waals surface area contributed by atoms with Gasteiger partial charge in [0.2, 0.25) is 5.89 Å². The molecule has 0 radical (unpaired) electrons. The van der Waals surface area contributed by atoms with Gasteiger partial charge in [0, 0.05) is 9.86 Å². The van der Waals surface area contributed by atoms with E-state index in [1.54, 1.807) is 6.07 Å². The molecule has 0 aliphatic carbocycles. The minimum Gasteiger partial charge on any atom is -0.490 e. The second kappa shape index (κ2) is 5.79. The predicted octanol–water partition coefficient (Wildman–Crippen LogP) is 4.24. The number of para-hydroxylation sites is 1. The number of benzene rings is 2. The van der Waals surface area contributed by atoms with Crippen LogP contribution in [0, 0.1) is 0 Å². The zero-order chi connectivity index (χ0) is 16.7. The molecule has 4 rings (SSSR count). The van der Waals surface area contributed by atoms with Crippen LogP contribution in [0.3, 0.4) is 0 Å². The summed E-state index contributed by atoms with van der Waals surface area (Å²) < 4.78 is 13.7. The van der Waals surface area contributed by atoms with E-state index >= 15 is 0 Å². The molecular weight excluding hydrogens is 372 g/mol. The van der Waals surface area contributed by atoms with Gasteiger partial charge >= 0.3 is 0 Å². The number of fused-ring (bicyclic) bond motifs is 2. The Labute approximate surface area is 145 Å². The molecule has 6 heteroatoms. The number of aromatic nitrogens is 2. The highest BCUT2D eigenvalue weighted by atomic mass is 79.9. The minimum atomic E-state index is -0.209. The molecule has 0 aromatic heterocycles. The van der Waals surface area contributed by atoms with Crippen LogP contribution in [0.5, 0.6) is 5.75 Å². The molecule has 2 aromatic rings. The van der Waals surface area contributed by atoms with Crippen molar-refractivity contribution in [3.05, 3.63) is 63.4 Å². The molecule has 0 fully saturated rings. The summed E-state index contributed by atoms with van der Waals surface area (Å²) in [5.74, 6) is 0.935. The van der Waals surface area contributed by atoms with Crippen LogP contribution in [0.2, 0.25) is 0 Å². The fraction of sp³-hybridized carbons (Fsp3) is 0.111. The third-order valence-corrected chi connectivity index (χ3v) is 4.25. The Balaban J connectivity index is 1.96. The first-order valence-electron chi connectivity index (χ1n) is 7.51. The average Bonchev–Trinajstić information content (AvgIpc) is 2.91. The monoisotopic (exact) mass is 384 g/mol.